The molecule has 1 fully saturated rings. The average molecular weight is 331 g/mol. The Morgan fingerprint density at radius 3 is 3.04 bits per heavy atom. The lowest BCUT2D eigenvalue weighted by Crippen LogP contribution is -2.43. The van der Waals surface area contributed by atoms with Gasteiger partial charge in [-0.2, -0.15) is 11.3 Å². The minimum Gasteiger partial charge on any atom is -0.368 e. The number of anilines is 1. The van der Waals surface area contributed by atoms with Gasteiger partial charge in [-0.1, -0.05) is 6.07 Å². The summed E-state index contributed by atoms with van der Waals surface area (Å²) in [5.41, 5.74) is 1.96. The smallest absolute Gasteiger partial charge is 0.227 e. The molecule has 122 valence electrons. The van der Waals surface area contributed by atoms with Crippen LogP contribution in [0.1, 0.15) is 17.4 Å². The van der Waals surface area contributed by atoms with Crippen LogP contribution in [0.4, 0.5) is 5.82 Å². The van der Waals surface area contributed by atoms with E-state index in [0.717, 1.165) is 17.1 Å². The summed E-state index contributed by atoms with van der Waals surface area (Å²) in [6, 6.07) is 7.91. The number of aromatic nitrogens is 1. The molecule has 1 saturated heterocycles. The number of carbonyl (C=O) groups excluding carboxylic acids is 1. The summed E-state index contributed by atoms with van der Waals surface area (Å²) in [6.45, 7) is 1.76. The van der Waals surface area contributed by atoms with Crippen LogP contribution in [0.2, 0.25) is 0 Å². The zero-order valence-electron chi connectivity index (χ0n) is 13.4. The Morgan fingerprint density at radius 1 is 1.43 bits per heavy atom. The Balaban J connectivity index is 1.68. The van der Waals surface area contributed by atoms with Crippen molar-refractivity contribution >= 4 is 23.1 Å². The molecule has 2 aromatic heterocycles. The molecule has 0 unspecified atom stereocenters. The van der Waals surface area contributed by atoms with Gasteiger partial charge in [0.25, 0.3) is 0 Å². The van der Waals surface area contributed by atoms with Crippen molar-refractivity contribution in [1.29, 1.82) is 0 Å². The zero-order chi connectivity index (χ0) is 16.2. The van der Waals surface area contributed by atoms with Gasteiger partial charge in [-0.05, 0) is 34.5 Å². The van der Waals surface area contributed by atoms with Crippen LogP contribution in [0.25, 0.3) is 0 Å². The normalized spacial score (nSPS) is 18.0. The van der Waals surface area contributed by atoms with Gasteiger partial charge in [0.15, 0.2) is 0 Å². The van der Waals surface area contributed by atoms with Gasteiger partial charge in [0.2, 0.25) is 5.91 Å². The van der Waals surface area contributed by atoms with Crippen LogP contribution in [0.3, 0.4) is 0 Å². The van der Waals surface area contributed by atoms with Gasteiger partial charge in [-0.15, -0.1) is 0 Å². The number of ether oxygens (including phenoxy) is 1. The Morgan fingerprint density at radius 2 is 2.30 bits per heavy atom. The number of pyridine rings is 1. The van der Waals surface area contributed by atoms with Gasteiger partial charge in [0, 0.05) is 20.6 Å². The molecule has 6 heteroatoms. The predicted molar refractivity (Wildman–Crippen MR) is 91.9 cm³/mol. The maximum Gasteiger partial charge on any atom is 0.227 e. The molecule has 0 saturated carbocycles. The van der Waals surface area contributed by atoms with E-state index in [9.17, 15) is 4.79 Å². The summed E-state index contributed by atoms with van der Waals surface area (Å²) in [7, 11) is 3.93. The van der Waals surface area contributed by atoms with Gasteiger partial charge < -0.3 is 14.5 Å². The molecule has 0 bridgehead atoms. The Bertz CT molecular complexity index is 658. The third-order valence-electron chi connectivity index (χ3n) is 3.90. The molecular formula is C17H21N3O2S. The van der Waals surface area contributed by atoms with Crippen LogP contribution < -0.4 is 4.90 Å². The Kier molecular flexibility index (Phi) is 4.93. The van der Waals surface area contributed by atoms with Crippen LogP contribution in [-0.4, -0.2) is 49.6 Å². The maximum atomic E-state index is 12.5. The van der Waals surface area contributed by atoms with Crippen molar-refractivity contribution in [3.8, 4) is 0 Å². The van der Waals surface area contributed by atoms with E-state index in [1.807, 2.05) is 58.9 Å². The summed E-state index contributed by atoms with van der Waals surface area (Å²) in [4.78, 5) is 20.9. The van der Waals surface area contributed by atoms with E-state index in [-0.39, 0.29) is 12.0 Å². The molecule has 0 radical (unpaired) electrons. The predicted octanol–water partition coefficient (Wildman–Crippen LogP) is 2.35. The highest BCUT2D eigenvalue weighted by molar-refractivity contribution is 7.07. The first kappa shape index (κ1) is 16.0. The monoisotopic (exact) mass is 331 g/mol. The van der Waals surface area contributed by atoms with Crippen LogP contribution in [0, 0.1) is 0 Å². The van der Waals surface area contributed by atoms with E-state index in [4.69, 9.17) is 4.74 Å². The summed E-state index contributed by atoms with van der Waals surface area (Å²) in [5, 5.41) is 4.03. The highest BCUT2D eigenvalue weighted by Crippen LogP contribution is 2.23. The van der Waals surface area contributed by atoms with Crippen molar-refractivity contribution in [3.63, 3.8) is 0 Å². The first-order valence-corrected chi connectivity index (χ1v) is 8.62. The fourth-order valence-corrected chi connectivity index (χ4v) is 3.27. The highest BCUT2D eigenvalue weighted by atomic mass is 32.1. The van der Waals surface area contributed by atoms with E-state index >= 15 is 0 Å². The molecule has 1 aliphatic heterocycles. The minimum atomic E-state index is -0.157. The molecular weight excluding hydrogens is 310 g/mol. The maximum absolute atomic E-state index is 12.5. The third kappa shape index (κ3) is 3.89. The molecule has 0 spiro atoms. The fraction of sp³-hybridized carbons (Fsp3) is 0.412. The van der Waals surface area contributed by atoms with Gasteiger partial charge in [0.1, 0.15) is 11.9 Å². The number of carbonyl (C=O) groups is 1. The van der Waals surface area contributed by atoms with E-state index < -0.39 is 0 Å². The topological polar surface area (TPSA) is 45.7 Å². The van der Waals surface area contributed by atoms with Crippen LogP contribution >= 0.6 is 11.3 Å². The summed E-state index contributed by atoms with van der Waals surface area (Å²) < 4.78 is 5.84. The average Bonchev–Trinajstić information content (AvgIpc) is 3.08. The van der Waals surface area contributed by atoms with Gasteiger partial charge in [-0.3, -0.25) is 4.79 Å². The molecule has 0 N–H and O–H groups in total. The highest BCUT2D eigenvalue weighted by Gasteiger charge is 2.26. The molecule has 5 nitrogen and oxygen atoms in total. The number of hydrogen-bond donors (Lipinski definition) is 0. The largest absolute Gasteiger partial charge is 0.368 e. The second kappa shape index (κ2) is 7.10. The Hall–Kier alpha value is -1.92. The van der Waals surface area contributed by atoms with Crippen molar-refractivity contribution in [2.24, 2.45) is 0 Å². The fourth-order valence-electron chi connectivity index (χ4n) is 2.60. The summed E-state index contributed by atoms with van der Waals surface area (Å²) in [6.07, 6.45) is 0.302. The summed E-state index contributed by atoms with van der Waals surface area (Å²) >= 11 is 1.62. The van der Waals surface area contributed by atoms with E-state index in [2.05, 4.69) is 4.98 Å². The Labute approximate surface area is 140 Å². The van der Waals surface area contributed by atoms with Gasteiger partial charge in [0.05, 0.1) is 25.3 Å². The second-order valence-corrected chi connectivity index (χ2v) is 6.60. The number of thiophene rings is 1. The molecule has 23 heavy (non-hydrogen) atoms. The third-order valence-corrected chi connectivity index (χ3v) is 4.63. The number of amides is 1. The lowest BCUT2D eigenvalue weighted by Gasteiger charge is -2.33. The van der Waals surface area contributed by atoms with Gasteiger partial charge >= 0.3 is 0 Å². The van der Waals surface area contributed by atoms with Crippen molar-refractivity contribution in [2.45, 2.75) is 12.5 Å². The molecule has 1 amide bonds. The van der Waals surface area contributed by atoms with Crippen molar-refractivity contribution in [3.05, 3.63) is 46.3 Å². The van der Waals surface area contributed by atoms with Crippen molar-refractivity contribution in [1.82, 2.24) is 9.88 Å². The molecule has 0 aliphatic carbocycles. The standard InChI is InChI=1S/C17H21N3O2S/c1-19(2)16-5-3-4-14(18-16)15-11-20(7-8-22-15)17(21)10-13-6-9-23-12-13/h3-6,9,12,15H,7-8,10-11H2,1-2H3/t15-/m0/s1. The molecule has 0 aromatic carbocycles. The van der Waals surface area contributed by atoms with E-state index in [1.54, 1.807) is 11.3 Å². The number of nitrogens with zero attached hydrogens (tertiary/aromatic N) is 3. The van der Waals surface area contributed by atoms with Crippen molar-refractivity contribution in [2.75, 3.05) is 38.7 Å². The lowest BCUT2D eigenvalue weighted by molar-refractivity contribution is -0.138. The van der Waals surface area contributed by atoms with E-state index in [1.165, 1.54) is 0 Å². The molecule has 2 aromatic rings. The van der Waals surface area contributed by atoms with Crippen LogP contribution in [0.5, 0.6) is 0 Å². The molecule has 3 heterocycles. The SMILES string of the molecule is CN(C)c1cccc([C@@H]2CN(C(=O)Cc3ccsc3)CCO2)n1. The van der Waals surface area contributed by atoms with Crippen LogP contribution in [-0.2, 0) is 16.0 Å². The number of morpholine rings is 1. The molecule has 3 rings (SSSR count). The lowest BCUT2D eigenvalue weighted by atomic mass is 10.1. The number of rotatable bonds is 4. The van der Waals surface area contributed by atoms with Crippen LogP contribution in [0.15, 0.2) is 35.0 Å². The molecule has 1 atom stereocenters. The minimum absolute atomic E-state index is 0.153. The molecule has 1 aliphatic rings. The van der Waals surface area contributed by atoms with Gasteiger partial charge in [-0.25, -0.2) is 4.98 Å². The second-order valence-electron chi connectivity index (χ2n) is 5.82. The first-order chi connectivity index (χ1) is 11.1. The summed E-state index contributed by atoms with van der Waals surface area (Å²) in [5.74, 6) is 1.05. The zero-order valence-corrected chi connectivity index (χ0v) is 14.3. The number of hydrogen-bond acceptors (Lipinski definition) is 5. The van der Waals surface area contributed by atoms with Crippen molar-refractivity contribution < 1.29 is 9.53 Å². The first-order valence-electron chi connectivity index (χ1n) is 7.68. The quantitative estimate of drug-likeness (QED) is 0.863. The van der Waals surface area contributed by atoms with E-state index in [0.29, 0.717) is 26.1 Å².